The predicted octanol–water partition coefficient (Wildman–Crippen LogP) is 5.25. The van der Waals surface area contributed by atoms with Crippen molar-refractivity contribution in [2.75, 3.05) is 20.3 Å². The van der Waals surface area contributed by atoms with Gasteiger partial charge in [-0.15, -0.1) is 0 Å². The highest BCUT2D eigenvalue weighted by Gasteiger charge is 2.72. The fraction of sp³-hybridized carbons (Fsp3) is 0.862. The van der Waals surface area contributed by atoms with E-state index in [0.29, 0.717) is 12.8 Å². The molecular weight excluding hydrogens is 458 g/mol. The van der Waals surface area contributed by atoms with E-state index in [1.54, 1.807) is 7.11 Å². The first kappa shape index (κ1) is 29.1. The molecule has 0 bridgehead atoms. The lowest BCUT2D eigenvalue weighted by molar-refractivity contribution is -0.172. The summed E-state index contributed by atoms with van der Waals surface area (Å²) in [4.78, 5) is 24.3. The van der Waals surface area contributed by atoms with E-state index >= 15 is 0 Å². The number of hydrogen-bond donors (Lipinski definition) is 1. The number of carbonyl (C=O) groups is 2. The summed E-state index contributed by atoms with van der Waals surface area (Å²) in [6.45, 7) is 9.94. The van der Waals surface area contributed by atoms with Crippen LogP contribution in [0.5, 0.6) is 0 Å². The number of methoxy groups -OCH3 is 1. The Balaban J connectivity index is 1.37. The van der Waals surface area contributed by atoms with E-state index in [-0.39, 0.29) is 47.3 Å². The molecule has 3 rings (SSSR count). The van der Waals surface area contributed by atoms with Crippen molar-refractivity contribution in [1.29, 1.82) is 0 Å². The van der Waals surface area contributed by atoms with Crippen molar-refractivity contribution in [2.24, 2.45) is 5.92 Å². The molecule has 7 heteroatoms. The maximum atomic E-state index is 12.7. The van der Waals surface area contributed by atoms with E-state index in [2.05, 4.69) is 39.1 Å². The van der Waals surface area contributed by atoms with Crippen molar-refractivity contribution in [3.05, 3.63) is 11.6 Å². The molecule has 0 aromatic heterocycles. The molecule has 0 radical (unpaired) electrons. The molecule has 3 unspecified atom stereocenters. The summed E-state index contributed by atoms with van der Waals surface area (Å²) in [5.41, 5.74) is 0.773. The number of hydrogen-bond acceptors (Lipinski definition) is 6. The van der Waals surface area contributed by atoms with Crippen LogP contribution in [0.1, 0.15) is 105 Å². The van der Waals surface area contributed by atoms with E-state index in [4.69, 9.17) is 18.9 Å². The van der Waals surface area contributed by atoms with Crippen molar-refractivity contribution in [3.8, 4) is 0 Å². The zero-order valence-corrected chi connectivity index (χ0v) is 23.2. The Labute approximate surface area is 218 Å². The Kier molecular flexibility index (Phi) is 10.8. The molecule has 3 fully saturated rings. The lowest BCUT2D eigenvalue weighted by Crippen LogP contribution is -2.55. The van der Waals surface area contributed by atoms with E-state index in [9.17, 15) is 9.59 Å². The number of unbranched alkanes of at least 4 members (excludes halogenated alkanes) is 5. The minimum absolute atomic E-state index is 0.0552. The molecule has 0 aromatic carbocycles. The van der Waals surface area contributed by atoms with Crippen LogP contribution >= 0.6 is 0 Å². The first-order chi connectivity index (χ1) is 17.3. The second-order valence-corrected chi connectivity index (χ2v) is 11.4. The van der Waals surface area contributed by atoms with Crippen LogP contribution in [0.25, 0.3) is 0 Å². The van der Waals surface area contributed by atoms with Crippen LogP contribution in [0, 0.1) is 5.92 Å². The van der Waals surface area contributed by atoms with E-state index in [0.717, 1.165) is 77.4 Å². The number of amides is 1. The fourth-order valence-electron chi connectivity index (χ4n) is 5.88. The van der Waals surface area contributed by atoms with Gasteiger partial charge in [-0.3, -0.25) is 9.59 Å². The Morgan fingerprint density at radius 1 is 1.08 bits per heavy atom. The van der Waals surface area contributed by atoms with Crippen molar-refractivity contribution < 1.29 is 28.5 Å². The van der Waals surface area contributed by atoms with Gasteiger partial charge in [0.15, 0.2) is 0 Å². The third-order valence-electron chi connectivity index (χ3n) is 8.16. The van der Waals surface area contributed by atoms with Crippen molar-refractivity contribution in [1.82, 2.24) is 5.32 Å². The number of nitrogens with one attached hydrogen (secondary N) is 1. The zero-order valence-electron chi connectivity index (χ0n) is 23.2. The molecule has 36 heavy (non-hydrogen) atoms. The van der Waals surface area contributed by atoms with Crippen LogP contribution in [0.3, 0.4) is 0 Å². The van der Waals surface area contributed by atoms with Gasteiger partial charge in [0.1, 0.15) is 23.4 Å². The topological polar surface area (TPSA) is 89.7 Å². The van der Waals surface area contributed by atoms with Gasteiger partial charge in [-0.25, -0.2) is 0 Å². The average Bonchev–Trinajstić information content (AvgIpc) is 3.76. The molecule has 3 aliphatic rings. The maximum Gasteiger partial charge on any atom is 0.306 e. The zero-order chi connectivity index (χ0) is 26.2. The molecule has 1 aliphatic carbocycles. The summed E-state index contributed by atoms with van der Waals surface area (Å²) >= 11 is 0. The molecule has 1 N–H and O–H groups in total. The summed E-state index contributed by atoms with van der Waals surface area (Å²) < 4.78 is 24.2. The number of carbonyl (C=O) groups excluding carboxylic acids is 2. The minimum atomic E-state index is -0.316. The number of esters is 1. The highest BCUT2D eigenvalue weighted by Crippen LogP contribution is 2.59. The number of ether oxygens (including phenoxy) is 4. The third-order valence-corrected chi connectivity index (χ3v) is 8.16. The van der Waals surface area contributed by atoms with Crippen LogP contribution < -0.4 is 5.32 Å². The number of epoxide rings is 2. The standard InChI is InChI=1S/C29H49NO6/c1-6-7-13-24(31)30-19-12-10-8-9-11-14-25(32)35-22-17-18-29(20-34-29)27(26(22)33-5)28(4)23(36-28)16-15-21(2)3/h15,22-23,26-27H,6-14,16-20H2,1-5H3,(H,30,31)/t22?,23-,26?,27?,28+,29+/m1/s1. The number of allylic oxidation sites excluding steroid dienone is 1. The largest absolute Gasteiger partial charge is 0.460 e. The molecular formula is C29H49NO6. The van der Waals surface area contributed by atoms with Gasteiger partial charge in [-0.2, -0.15) is 0 Å². The predicted molar refractivity (Wildman–Crippen MR) is 140 cm³/mol. The van der Waals surface area contributed by atoms with E-state index < -0.39 is 0 Å². The molecule has 1 amide bonds. The molecule has 6 atom stereocenters. The van der Waals surface area contributed by atoms with Gasteiger partial charge in [-0.1, -0.05) is 44.3 Å². The molecule has 1 saturated carbocycles. The fourth-order valence-corrected chi connectivity index (χ4v) is 5.88. The summed E-state index contributed by atoms with van der Waals surface area (Å²) in [5.74, 6) is 0.0722. The normalized spacial score (nSPS) is 32.7. The molecule has 0 aromatic rings. The highest BCUT2D eigenvalue weighted by molar-refractivity contribution is 5.75. The first-order valence-corrected chi connectivity index (χ1v) is 14.2. The Morgan fingerprint density at radius 3 is 2.47 bits per heavy atom. The van der Waals surface area contributed by atoms with E-state index in [1.165, 1.54) is 5.57 Å². The van der Waals surface area contributed by atoms with Gasteiger partial charge in [0.25, 0.3) is 0 Å². The smallest absolute Gasteiger partial charge is 0.306 e. The lowest BCUT2D eigenvalue weighted by atomic mass is 9.68. The van der Waals surface area contributed by atoms with E-state index in [1.807, 2.05) is 0 Å². The van der Waals surface area contributed by atoms with Crippen molar-refractivity contribution >= 4 is 11.9 Å². The van der Waals surface area contributed by atoms with Crippen LogP contribution in [0.4, 0.5) is 0 Å². The number of rotatable bonds is 16. The van der Waals surface area contributed by atoms with Gasteiger partial charge in [0.2, 0.25) is 5.91 Å². The molecule has 2 heterocycles. The Hall–Kier alpha value is -1.44. The van der Waals surface area contributed by atoms with Crippen LogP contribution in [-0.4, -0.2) is 61.7 Å². The molecule has 2 saturated heterocycles. The SMILES string of the molecule is CCCCC(=O)NCCCCCCCC(=O)OC1CC[C@]2(CO2)C([C@@]2(C)O[C@@H]2CC=C(C)C)C1OC. The van der Waals surface area contributed by atoms with Crippen LogP contribution in [0.2, 0.25) is 0 Å². The molecule has 1 spiro atoms. The van der Waals surface area contributed by atoms with Gasteiger partial charge in [0, 0.05) is 26.5 Å². The monoisotopic (exact) mass is 507 g/mol. The van der Waals surface area contributed by atoms with Gasteiger partial charge < -0.3 is 24.3 Å². The van der Waals surface area contributed by atoms with Gasteiger partial charge in [0.05, 0.1) is 18.6 Å². The highest BCUT2D eigenvalue weighted by atomic mass is 16.6. The van der Waals surface area contributed by atoms with Gasteiger partial charge in [-0.05, 0) is 59.3 Å². The summed E-state index contributed by atoms with van der Waals surface area (Å²) in [7, 11) is 1.71. The Bertz CT molecular complexity index is 759. The minimum Gasteiger partial charge on any atom is -0.460 e. The molecule has 206 valence electrons. The summed E-state index contributed by atoms with van der Waals surface area (Å²) in [6, 6.07) is 0. The van der Waals surface area contributed by atoms with Crippen molar-refractivity contribution in [2.45, 2.75) is 134 Å². The first-order valence-electron chi connectivity index (χ1n) is 14.2. The average molecular weight is 508 g/mol. The molecule has 2 aliphatic heterocycles. The van der Waals surface area contributed by atoms with Crippen LogP contribution in [-0.2, 0) is 28.5 Å². The maximum absolute atomic E-state index is 12.7. The molecule has 7 nitrogen and oxygen atoms in total. The van der Waals surface area contributed by atoms with Crippen molar-refractivity contribution in [3.63, 3.8) is 0 Å². The lowest BCUT2D eigenvalue weighted by Gasteiger charge is -2.42. The third kappa shape index (κ3) is 7.78. The summed E-state index contributed by atoms with van der Waals surface area (Å²) in [6.07, 6.45) is 12.4. The van der Waals surface area contributed by atoms with Crippen LogP contribution in [0.15, 0.2) is 11.6 Å². The second-order valence-electron chi connectivity index (χ2n) is 11.4. The Morgan fingerprint density at radius 2 is 1.81 bits per heavy atom. The summed E-state index contributed by atoms with van der Waals surface area (Å²) in [5, 5.41) is 2.98. The quantitative estimate of drug-likeness (QED) is 0.133. The van der Waals surface area contributed by atoms with Gasteiger partial charge >= 0.3 is 5.97 Å². The second kappa shape index (κ2) is 13.4.